The molecule has 0 N–H and O–H groups in total. The van der Waals surface area contributed by atoms with Gasteiger partial charge in [-0.1, -0.05) is 18.2 Å². The molecule has 2 aromatic carbocycles. The molecular weight excluding hydrogens is 369 g/mol. The van der Waals surface area contributed by atoms with Crippen molar-refractivity contribution in [2.24, 2.45) is 7.05 Å². The Morgan fingerprint density at radius 1 is 1.03 bits per heavy atom. The number of halogens is 1. The highest BCUT2D eigenvalue weighted by atomic mass is 19.1. The Labute approximate surface area is 164 Å². The Morgan fingerprint density at radius 2 is 1.86 bits per heavy atom. The fourth-order valence-corrected chi connectivity index (χ4v) is 3.49. The minimum Gasteiger partial charge on any atom is -0.294 e. The van der Waals surface area contributed by atoms with Crippen molar-refractivity contribution in [1.82, 2.24) is 24.3 Å². The molecule has 5 aromatic rings. The van der Waals surface area contributed by atoms with Crippen LogP contribution in [0.4, 0.5) is 4.39 Å². The summed E-state index contributed by atoms with van der Waals surface area (Å²) < 4.78 is 18.0. The van der Waals surface area contributed by atoms with Crippen molar-refractivity contribution in [2.75, 3.05) is 0 Å². The summed E-state index contributed by atoms with van der Waals surface area (Å²) in [7, 11) is 1.87. The number of aryl methyl sites for hydroxylation is 1. The number of pyridine rings is 1. The van der Waals surface area contributed by atoms with Gasteiger partial charge in [0.1, 0.15) is 5.82 Å². The van der Waals surface area contributed by atoms with E-state index in [9.17, 15) is 9.18 Å². The van der Waals surface area contributed by atoms with E-state index < -0.39 is 0 Å². The predicted molar refractivity (Wildman–Crippen MR) is 109 cm³/mol. The van der Waals surface area contributed by atoms with Gasteiger partial charge in [-0.2, -0.15) is 5.10 Å². The first-order chi connectivity index (χ1) is 14.1. The lowest BCUT2D eigenvalue weighted by Crippen LogP contribution is -2.21. The highest BCUT2D eigenvalue weighted by Gasteiger charge is 2.10. The summed E-state index contributed by atoms with van der Waals surface area (Å²) in [6.07, 6.45) is 6.44. The summed E-state index contributed by atoms with van der Waals surface area (Å²) in [6.45, 7) is 0.109. The highest BCUT2D eigenvalue weighted by Crippen LogP contribution is 2.25. The van der Waals surface area contributed by atoms with Gasteiger partial charge < -0.3 is 0 Å². The van der Waals surface area contributed by atoms with Crippen LogP contribution < -0.4 is 5.56 Å². The molecule has 0 bridgehead atoms. The summed E-state index contributed by atoms with van der Waals surface area (Å²) >= 11 is 0. The molecule has 0 saturated carbocycles. The molecule has 6 nitrogen and oxygen atoms in total. The molecule has 0 amide bonds. The van der Waals surface area contributed by atoms with Crippen LogP contribution in [-0.2, 0) is 13.6 Å². The molecule has 0 unspecified atom stereocenters. The van der Waals surface area contributed by atoms with Gasteiger partial charge in [0, 0.05) is 30.4 Å². The Balaban J connectivity index is 1.49. The minimum atomic E-state index is -0.365. The van der Waals surface area contributed by atoms with Gasteiger partial charge in [-0.3, -0.25) is 19.0 Å². The molecule has 0 radical (unpaired) electrons. The van der Waals surface area contributed by atoms with E-state index in [1.165, 1.54) is 23.2 Å². The van der Waals surface area contributed by atoms with Crippen molar-refractivity contribution >= 4 is 21.8 Å². The van der Waals surface area contributed by atoms with E-state index in [0.717, 1.165) is 22.0 Å². The maximum absolute atomic E-state index is 14.8. The van der Waals surface area contributed by atoms with Crippen molar-refractivity contribution in [3.63, 3.8) is 0 Å². The Bertz CT molecular complexity index is 1440. The van der Waals surface area contributed by atoms with Gasteiger partial charge in [-0.05, 0) is 35.4 Å². The zero-order chi connectivity index (χ0) is 20.0. The third kappa shape index (κ3) is 3.06. The third-order valence-corrected chi connectivity index (χ3v) is 4.97. The lowest BCUT2D eigenvalue weighted by atomic mass is 10.0. The normalized spacial score (nSPS) is 11.4. The average Bonchev–Trinajstić information content (AvgIpc) is 3.10. The average molecular weight is 385 g/mol. The number of benzene rings is 2. The summed E-state index contributed by atoms with van der Waals surface area (Å²) in [4.78, 5) is 20.8. The van der Waals surface area contributed by atoms with Crippen LogP contribution >= 0.6 is 0 Å². The molecule has 0 fully saturated rings. The summed E-state index contributed by atoms with van der Waals surface area (Å²) in [5, 5.41) is 5.82. The first kappa shape index (κ1) is 17.2. The number of nitrogens with zero attached hydrogens (tertiary/aromatic N) is 5. The van der Waals surface area contributed by atoms with E-state index in [-0.39, 0.29) is 17.9 Å². The topological polar surface area (TPSA) is 65.6 Å². The van der Waals surface area contributed by atoms with Crippen molar-refractivity contribution in [1.29, 1.82) is 0 Å². The maximum atomic E-state index is 14.8. The molecule has 0 aliphatic rings. The smallest absolute Gasteiger partial charge is 0.261 e. The first-order valence-corrected chi connectivity index (χ1v) is 9.10. The van der Waals surface area contributed by atoms with E-state index in [1.54, 1.807) is 23.0 Å². The SMILES string of the molecule is Cn1cc2cc(-c3ccc(Cn4cnc5cnccc5c4=O)c(F)c3)ccc2n1. The van der Waals surface area contributed by atoms with Gasteiger partial charge in [-0.15, -0.1) is 0 Å². The lowest BCUT2D eigenvalue weighted by Gasteiger charge is -2.09. The largest absolute Gasteiger partial charge is 0.294 e. The van der Waals surface area contributed by atoms with Crippen LogP contribution in [0, 0.1) is 5.82 Å². The van der Waals surface area contributed by atoms with Gasteiger partial charge in [-0.25, -0.2) is 9.37 Å². The van der Waals surface area contributed by atoms with Crippen LogP contribution in [0.3, 0.4) is 0 Å². The van der Waals surface area contributed by atoms with Gasteiger partial charge in [0.2, 0.25) is 0 Å². The number of hydrogen-bond acceptors (Lipinski definition) is 4. The highest BCUT2D eigenvalue weighted by molar-refractivity contribution is 5.84. The first-order valence-electron chi connectivity index (χ1n) is 9.10. The summed E-state index contributed by atoms with van der Waals surface area (Å²) in [5.74, 6) is -0.365. The number of fused-ring (bicyclic) bond motifs is 2. The number of hydrogen-bond donors (Lipinski definition) is 0. The second kappa shape index (κ2) is 6.63. The molecule has 0 atom stereocenters. The van der Waals surface area contributed by atoms with Crippen LogP contribution in [0.2, 0.25) is 0 Å². The Hall–Kier alpha value is -3.87. The maximum Gasteiger partial charge on any atom is 0.261 e. The monoisotopic (exact) mass is 385 g/mol. The molecule has 0 spiro atoms. The lowest BCUT2D eigenvalue weighted by molar-refractivity contribution is 0.596. The van der Waals surface area contributed by atoms with E-state index in [0.29, 0.717) is 16.5 Å². The Morgan fingerprint density at radius 3 is 2.72 bits per heavy atom. The van der Waals surface area contributed by atoms with E-state index in [4.69, 9.17) is 0 Å². The van der Waals surface area contributed by atoms with Crippen molar-refractivity contribution < 1.29 is 4.39 Å². The van der Waals surface area contributed by atoms with Crippen LogP contribution in [0.25, 0.3) is 32.9 Å². The van der Waals surface area contributed by atoms with Gasteiger partial charge in [0.25, 0.3) is 5.56 Å². The predicted octanol–water partition coefficient (Wildman–Crippen LogP) is 3.53. The molecule has 142 valence electrons. The quantitative estimate of drug-likeness (QED) is 0.477. The second-order valence-electron chi connectivity index (χ2n) is 6.95. The van der Waals surface area contributed by atoms with Crippen molar-refractivity contribution in [2.45, 2.75) is 6.54 Å². The Kier molecular flexibility index (Phi) is 3.94. The molecule has 7 heteroatoms. The summed E-state index contributed by atoms with van der Waals surface area (Å²) in [6, 6.07) is 12.5. The second-order valence-corrected chi connectivity index (χ2v) is 6.95. The van der Waals surface area contributed by atoms with E-state index in [2.05, 4.69) is 15.1 Å². The minimum absolute atomic E-state index is 0.109. The van der Waals surface area contributed by atoms with Crippen molar-refractivity contribution in [3.05, 3.63) is 89.1 Å². The zero-order valence-corrected chi connectivity index (χ0v) is 15.6. The molecule has 29 heavy (non-hydrogen) atoms. The molecule has 0 saturated heterocycles. The fraction of sp³-hybridized carbons (Fsp3) is 0.0909. The van der Waals surface area contributed by atoms with Gasteiger partial charge in [0.15, 0.2) is 0 Å². The number of aromatic nitrogens is 5. The van der Waals surface area contributed by atoms with Gasteiger partial charge >= 0.3 is 0 Å². The standard InChI is InChI=1S/C22H16FN5O/c1-27-11-17-8-14(4-5-20(17)26-27)15-2-3-16(19(23)9-15)12-28-13-25-21-10-24-7-6-18(21)22(28)29/h2-11,13H,12H2,1H3. The van der Waals surface area contributed by atoms with Gasteiger partial charge in [0.05, 0.1) is 35.5 Å². The van der Waals surface area contributed by atoms with Crippen LogP contribution in [0.15, 0.2) is 72.2 Å². The molecule has 3 heterocycles. The summed E-state index contributed by atoms with van der Waals surface area (Å²) in [5.41, 5.74) is 3.30. The van der Waals surface area contributed by atoms with Crippen LogP contribution in [0.5, 0.6) is 0 Å². The zero-order valence-electron chi connectivity index (χ0n) is 15.6. The van der Waals surface area contributed by atoms with E-state index >= 15 is 0 Å². The van der Waals surface area contributed by atoms with Crippen molar-refractivity contribution in [3.8, 4) is 11.1 Å². The third-order valence-electron chi connectivity index (χ3n) is 4.97. The van der Waals surface area contributed by atoms with Crippen LogP contribution in [-0.4, -0.2) is 24.3 Å². The molecule has 0 aliphatic heterocycles. The molecular formula is C22H16FN5O. The molecule has 5 rings (SSSR count). The number of rotatable bonds is 3. The molecule has 3 aromatic heterocycles. The van der Waals surface area contributed by atoms with Crippen LogP contribution in [0.1, 0.15) is 5.56 Å². The molecule has 0 aliphatic carbocycles. The fourth-order valence-electron chi connectivity index (χ4n) is 3.49. The van der Waals surface area contributed by atoms with E-state index in [1.807, 2.05) is 37.5 Å².